The Morgan fingerprint density at radius 2 is 1.76 bits per heavy atom. The zero-order valence-corrected chi connectivity index (χ0v) is 12.7. The van der Waals surface area contributed by atoms with E-state index in [0.717, 1.165) is 17.8 Å². The van der Waals surface area contributed by atoms with E-state index in [2.05, 4.69) is 30.9 Å². The van der Waals surface area contributed by atoms with Crippen LogP contribution in [0.15, 0.2) is 48.5 Å². The average Bonchev–Trinajstić information content (AvgIpc) is 2.45. The smallest absolute Gasteiger partial charge is 0.125 e. The minimum atomic E-state index is -0.199. The molecule has 2 N–H and O–H groups in total. The number of rotatable bonds is 6. The van der Waals surface area contributed by atoms with Crippen LogP contribution in [-0.4, -0.2) is 12.6 Å². The van der Waals surface area contributed by atoms with E-state index in [0.29, 0.717) is 13.0 Å². The predicted molar refractivity (Wildman–Crippen MR) is 86.9 cm³/mol. The lowest BCUT2D eigenvalue weighted by Crippen LogP contribution is -2.30. The van der Waals surface area contributed by atoms with Crippen LogP contribution in [0, 0.1) is 5.82 Å². The summed E-state index contributed by atoms with van der Waals surface area (Å²) in [5, 5.41) is 0. The maximum Gasteiger partial charge on any atom is 0.125 e. The second-order valence-electron chi connectivity index (χ2n) is 5.56. The molecule has 0 unspecified atom stereocenters. The van der Waals surface area contributed by atoms with Gasteiger partial charge in [0.25, 0.3) is 0 Å². The first kappa shape index (κ1) is 15.5. The Balaban J connectivity index is 2.29. The molecule has 0 radical (unpaired) electrons. The predicted octanol–water partition coefficient (Wildman–Crippen LogP) is 3.74. The molecule has 0 saturated heterocycles. The molecule has 2 rings (SSSR count). The van der Waals surface area contributed by atoms with E-state index >= 15 is 0 Å². The second-order valence-corrected chi connectivity index (χ2v) is 5.56. The van der Waals surface area contributed by atoms with Crippen molar-refractivity contribution in [3.8, 4) is 0 Å². The molecule has 0 fully saturated rings. The minimum absolute atomic E-state index is 0.199. The molecule has 0 atom stereocenters. The molecule has 0 amide bonds. The van der Waals surface area contributed by atoms with Gasteiger partial charge in [0.2, 0.25) is 0 Å². The first-order valence-corrected chi connectivity index (χ1v) is 7.40. The summed E-state index contributed by atoms with van der Waals surface area (Å²) in [5.74, 6) is -0.199. The lowest BCUT2D eigenvalue weighted by Gasteiger charge is -2.29. The Kier molecular flexibility index (Phi) is 5.34. The molecule has 112 valence electrons. The molecule has 2 nitrogen and oxygen atoms in total. The standard InChI is InChI=1S/C18H23FN2/c1-14(2)21(13-15-6-4-3-5-7-15)18-11-16(8-9-20)10-17(19)12-18/h3-7,10-12,14H,8-9,13,20H2,1-2H3. The molecule has 0 aromatic heterocycles. The van der Waals surface area contributed by atoms with Crippen molar-refractivity contribution in [1.29, 1.82) is 0 Å². The molecular weight excluding hydrogens is 263 g/mol. The van der Waals surface area contributed by atoms with Crippen LogP contribution in [0.25, 0.3) is 0 Å². The fourth-order valence-electron chi connectivity index (χ4n) is 2.46. The van der Waals surface area contributed by atoms with Gasteiger partial charge in [0.1, 0.15) is 5.82 Å². The molecule has 0 aliphatic rings. The van der Waals surface area contributed by atoms with Gasteiger partial charge >= 0.3 is 0 Å². The summed E-state index contributed by atoms with van der Waals surface area (Å²) in [7, 11) is 0. The van der Waals surface area contributed by atoms with Crippen LogP contribution >= 0.6 is 0 Å². The van der Waals surface area contributed by atoms with Gasteiger partial charge in [0.15, 0.2) is 0 Å². The fourth-order valence-corrected chi connectivity index (χ4v) is 2.46. The van der Waals surface area contributed by atoms with Gasteiger partial charge in [0.05, 0.1) is 0 Å². The van der Waals surface area contributed by atoms with E-state index in [9.17, 15) is 4.39 Å². The Bertz CT molecular complexity index is 567. The summed E-state index contributed by atoms with van der Waals surface area (Å²) in [6, 6.07) is 15.7. The first-order chi connectivity index (χ1) is 10.1. The van der Waals surface area contributed by atoms with E-state index in [1.54, 1.807) is 12.1 Å². The molecule has 0 aliphatic heterocycles. The molecule has 0 saturated carbocycles. The number of hydrogen-bond acceptors (Lipinski definition) is 2. The summed E-state index contributed by atoms with van der Waals surface area (Å²) in [4.78, 5) is 2.21. The number of nitrogens with zero attached hydrogens (tertiary/aromatic N) is 1. The highest BCUT2D eigenvalue weighted by Crippen LogP contribution is 2.23. The fraction of sp³-hybridized carbons (Fsp3) is 0.333. The molecule has 0 spiro atoms. The minimum Gasteiger partial charge on any atom is -0.365 e. The van der Waals surface area contributed by atoms with Crippen molar-refractivity contribution in [2.45, 2.75) is 32.9 Å². The van der Waals surface area contributed by atoms with Crippen molar-refractivity contribution in [2.75, 3.05) is 11.4 Å². The van der Waals surface area contributed by atoms with Gasteiger partial charge < -0.3 is 10.6 Å². The van der Waals surface area contributed by atoms with Crippen molar-refractivity contribution >= 4 is 5.69 Å². The van der Waals surface area contributed by atoms with Crippen molar-refractivity contribution < 1.29 is 4.39 Å². The first-order valence-electron chi connectivity index (χ1n) is 7.40. The third-order valence-corrected chi connectivity index (χ3v) is 3.53. The van der Waals surface area contributed by atoms with Crippen LogP contribution in [0.4, 0.5) is 10.1 Å². The lowest BCUT2D eigenvalue weighted by atomic mass is 10.1. The van der Waals surface area contributed by atoms with Crippen LogP contribution in [0.2, 0.25) is 0 Å². The number of hydrogen-bond donors (Lipinski definition) is 1. The number of halogens is 1. The maximum absolute atomic E-state index is 13.8. The summed E-state index contributed by atoms with van der Waals surface area (Å²) in [6.07, 6.45) is 0.696. The number of nitrogens with two attached hydrogens (primary N) is 1. The van der Waals surface area contributed by atoms with E-state index in [1.165, 1.54) is 5.56 Å². The van der Waals surface area contributed by atoms with Gasteiger partial charge in [-0.25, -0.2) is 4.39 Å². The van der Waals surface area contributed by atoms with Gasteiger partial charge in [-0.05, 0) is 56.1 Å². The van der Waals surface area contributed by atoms with E-state index in [4.69, 9.17) is 5.73 Å². The Morgan fingerprint density at radius 3 is 2.38 bits per heavy atom. The Hall–Kier alpha value is -1.87. The topological polar surface area (TPSA) is 29.3 Å². The molecule has 0 heterocycles. The van der Waals surface area contributed by atoms with Crippen LogP contribution < -0.4 is 10.6 Å². The lowest BCUT2D eigenvalue weighted by molar-refractivity contribution is 0.619. The molecule has 21 heavy (non-hydrogen) atoms. The highest BCUT2D eigenvalue weighted by Gasteiger charge is 2.13. The summed E-state index contributed by atoms with van der Waals surface area (Å²) >= 11 is 0. The largest absolute Gasteiger partial charge is 0.365 e. The monoisotopic (exact) mass is 286 g/mol. The Labute approximate surface area is 126 Å². The molecule has 3 heteroatoms. The zero-order valence-electron chi connectivity index (χ0n) is 12.7. The number of benzene rings is 2. The van der Waals surface area contributed by atoms with Gasteiger partial charge in [0, 0.05) is 18.3 Å². The molecular formula is C18H23FN2. The SMILES string of the molecule is CC(C)N(Cc1ccccc1)c1cc(F)cc(CCN)c1. The summed E-state index contributed by atoms with van der Waals surface area (Å²) < 4.78 is 13.8. The van der Waals surface area contributed by atoms with Gasteiger partial charge in [-0.15, -0.1) is 0 Å². The van der Waals surface area contributed by atoms with E-state index < -0.39 is 0 Å². The van der Waals surface area contributed by atoms with Crippen LogP contribution in [0.3, 0.4) is 0 Å². The summed E-state index contributed by atoms with van der Waals surface area (Å²) in [5.41, 5.74) is 8.67. The van der Waals surface area contributed by atoms with Crippen LogP contribution in [0.1, 0.15) is 25.0 Å². The molecule has 0 aliphatic carbocycles. The third kappa shape index (κ3) is 4.30. The highest BCUT2D eigenvalue weighted by molar-refractivity contribution is 5.50. The maximum atomic E-state index is 13.8. The van der Waals surface area contributed by atoms with E-state index in [-0.39, 0.29) is 11.9 Å². The van der Waals surface area contributed by atoms with Gasteiger partial charge in [-0.2, -0.15) is 0 Å². The van der Waals surface area contributed by atoms with Crippen LogP contribution in [-0.2, 0) is 13.0 Å². The van der Waals surface area contributed by atoms with Gasteiger partial charge in [-0.1, -0.05) is 30.3 Å². The highest BCUT2D eigenvalue weighted by atomic mass is 19.1. The van der Waals surface area contributed by atoms with E-state index in [1.807, 2.05) is 24.3 Å². The molecule has 2 aromatic carbocycles. The van der Waals surface area contributed by atoms with Crippen molar-refractivity contribution in [1.82, 2.24) is 0 Å². The van der Waals surface area contributed by atoms with Crippen molar-refractivity contribution in [3.63, 3.8) is 0 Å². The molecule has 0 bridgehead atoms. The number of anilines is 1. The second kappa shape index (κ2) is 7.23. The normalized spacial score (nSPS) is 10.9. The molecule has 2 aromatic rings. The van der Waals surface area contributed by atoms with Gasteiger partial charge in [-0.3, -0.25) is 0 Å². The van der Waals surface area contributed by atoms with Crippen molar-refractivity contribution in [3.05, 3.63) is 65.5 Å². The van der Waals surface area contributed by atoms with Crippen molar-refractivity contribution in [2.24, 2.45) is 5.73 Å². The summed E-state index contributed by atoms with van der Waals surface area (Å²) in [6.45, 7) is 5.54. The quantitative estimate of drug-likeness (QED) is 0.876. The zero-order chi connectivity index (χ0) is 15.2. The van der Waals surface area contributed by atoms with Crippen LogP contribution in [0.5, 0.6) is 0 Å². The third-order valence-electron chi connectivity index (χ3n) is 3.53. The average molecular weight is 286 g/mol. The Morgan fingerprint density at radius 1 is 1.05 bits per heavy atom.